The average molecular weight is 115 g/mol. The molecule has 0 saturated carbocycles. The molecule has 5 N–H and O–H groups in total. The zero-order valence-electron chi connectivity index (χ0n) is 3.96. The largest absolute Gasteiger partial charge is 0.366 e. The fourth-order valence-electron chi connectivity index (χ4n) is 0.317. The van der Waals surface area contributed by atoms with Crippen molar-refractivity contribution in [3.05, 3.63) is 10.5 Å². The number of nitrogen functional groups attached to an aromatic ring is 2. The molecule has 8 heavy (non-hydrogen) atoms. The third-order valence-corrected chi connectivity index (χ3v) is 0.732. The Hall–Kier alpha value is -1.46. The molecule has 0 bridgehead atoms. The van der Waals surface area contributed by atoms with E-state index in [9.17, 15) is 4.79 Å². The van der Waals surface area contributed by atoms with E-state index in [1.54, 1.807) is 0 Å². The van der Waals surface area contributed by atoms with E-state index < -0.39 is 5.69 Å². The van der Waals surface area contributed by atoms with Gasteiger partial charge < -0.3 is 11.6 Å². The lowest BCUT2D eigenvalue weighted by atomic mass is 11.1. The van der Waals surface area contributed by atoms with Crippen LogP contribution in [-0.4, -0.2) is 14.9 Å². The molecule has 0 fully saturated rings. The van der Waals surface area contributed by atoms with Gasteiger partial charge in [0.2, 0.25) is 5.95 Å². The van der Waals surface area contributed by atoms with Crippen molar-refractivity contribution in [1.82, 2.24) is 14.9 Å². The van der Waals surface area contributed by atoms with Gasteiger partial charge in [0.05, 0.1) is 0 Å². The molecule has 0 spiro atoms. The molecule has 0 unspecified atom stereocenters. The summed E-state index contributed by atoms with van der Waals surface area (Å²) in [6, 6.07) is 0. The van der Waals surface area contributed by atoms with Gasteiger partial charge in [-0.3, -0.25) is 0 Å². The van der Waals surface area contributed by atoms with Crippen molar-refractivity contribution in [3.63, 3.8) is 0 Å². The van der Waals surface area contributed by atoms with Crippen LogP contribution in [0.4, 0.5) is 5.95 Å². The van der Waals surface area contributed by atoms with Gasteiger partial charge in [-0.1, -0.05) is 0 Å². The predicted octanol–water partition coefficient (Wildman–Crippen LogP) is -2.13. The van der Waals surface area contributed by atoms with Crippen LogP contribution in [0.25, 0.3) is 0 Å². The molecule has 1 aromatic heterocycles. The summed E-state index contributed by atoms with van der Waals surface area (Å²) in [5, 5.41) is 5.34. The van der Waals surface area contributed by atoms with E-state index >= 15 is 0 Å². The number of hydrogen-bond acceptors (Lipinski definition) is 4. The molecule has 0 aliphatic rings. The first-order chi connectivity index (χ1) is 3.72. The van der Waals surface area contributed by atoms with Gasteiger partial charge in [0.25, 0.3) is 0 Å². The number of nitrogens with one attached hydrogen (secondary N) is 1. The zero-order chi connectivity index (χ0) is 6.15. The lowest BCUT2D eigenvalue weighted by Gasteiger charge is -1.84. The van der Waals surface area contributed by atoms with Gasteiger partial charge >= 0.3 is 5.69 Å². The Bertz CT molecular complexity index is 233. The molecular formula is C2H5N5O. The fraction of sp³-hybridized carbons (Fsp3) is 0. The van der Waals surface area contributed by atoms with Crippen molar-refractivity contribution in [2.45, 2.75) is 0 Å². The quantitative estimate of drug-likeness (QED) is 0.336. The van der Waals surface area contributed by atoms with E-state index in [2.05, 4.69) is 5.10 Å². The Balaban J connectivity index is 3.41. The smallest absolute Gasteiger partial charge is 0.363 e. The van der Waals surface area contributed by atoms with Crippen LogP contribution >= 0.6 is 0 Å². The monoisotopic (exact) mass is 115 g/mol. The first-order valence-electron chi connectivity index (χ1n) is 1.90. The summed E-state index contributed by atoms with van der Waals surface area (Å²) in [6.45, 7) is 0. The average Bonchev–Trinajstić information content (AvgIpc) is 1.98. The maximum atomic E-state index is 10.3. The molecule has 0 amide bonds. The van der Waals surface area contributed by atoms with Crippen LogP contribution in [0.3, 0.4) is 0 Å². The highest BCUT2D eigenvalue weighted by Gasteiger charge is 1.95. The minimum absolute atomic E-state index is 0.0185. The number of aromatic amines is 1. The van der Waals surface area contributed by atoms with Gasteiger partial charge in [-0.05, 0) is 0 Å². The van der Waals surface area contributed by atoms with Gasteiger partial charge in [0, 0.05) is 0 Å². The van der Waals surface area contributed by atoms with Gasteiger partial charge in [-0.2, -0.15) is 4.68 Å². The summed E-state index contributed by atoms with van der Waals surface area (Å²) >= 11 is 0. The Kier molecular flexibility index (Phi) is 0.736. The highest BCUT2D eigenvalue weighted by Crippen LogP contribution is 1.77. The molecule has 0 aromatic carbocycles. The number of hydrogen-bond donors (Lipinski definition) is 3. The van der Waals surface area contributed by atoms with E-state index in [-0.39, 0.29) is 5.95 Å². The Labute approximate surface area is 44.1 Å². The SMILES string of the molecule is Nc1n[nH]c(=O)n1N. The number of H-pyrrole nitrogens is 1. The Morgan fingerprint density at radius 2 is 2.38 bits per heavy atom. The maximum Gasteiger partial charge on any atom is 0.363 e. The van der Waals surface area contributed by atoms with E-state index in [4.69, 9.17) is 11.6 Å². The number of anilines is 1. The van der Waals surface area contributed by atoms with Crippen molar-refractivity contribution in [3.8, 4) is 0 Å². The molecule has 0 aliphatic heterocycles. The molecule has 44 valence electrons. The van der Waals surface area contributed by atoms with Crippen molar-refractivity contribution >= 4 is 5.95 Å². The minimum atomic E-state index is -0.512. The van der Waals surface area contributed by atoms with Crippen LogP contribution < -0.4 is 17.3 Å². The number of nitrogens with zero attached hydrogens (tertiary/aromatic N) is 2. The van der Waals surface area contributed by atoms with Crippen LogP contribution in [-0.2, 0) is 0 Å². The van der Waals surface area contributed by atoms with Crippen molar-refractivity contribution in [2.75, 3.05) is 11.6 Å². The second-order valence-electron chi connectivity index (χ2n) is 1.26. The highest BCUT2D eigenvalue weighted by molar-refractivity contribution is 5.12. The van der Waals surface area contributed by atoms with Crippen LogP contribution in [0.1, 0.15) is 0 Å². The second kappa shape index (κ2) is 1.25. The maximum absolute atomic E-state index is 10.3. The van der Waals surface area contributed by atoms with Crippen molar-refractivity contribution in [2.24, 2.45) is 0 Å². The molecule has 6 heteroatoms. The van der Waals surface area contributed by atoms with E-state index in [1.165, 1.54) is 0 Å². The zero-order valence-corrected chi connectivity index (χ0v) is 3.96. The van der Waals surface area contributed by atoms with Gasteiger partial charge in [-0.15, -0.1) is 5.10 Å². The van der Waals surface area contributed by atoms with Crippen LogP contribution in [0.15, 0.2) is 4.79 Å². The lowest BCUT2D eigenvalue weighted by Crippen LogP contribution is -2.25. The Morgan fingerprint density at radius 1 is 1.75 bits per heavy atom. The lowest BCUT2D eigenvalue weighted by molar-refractivity contribution is 0.944. The van der Waals surface area contributed by atoms with Crippen molar-refractivity contribution < 1.29 is 0 Å². The van der Waals surface area contributed by atoms with E-state index in [0.29, 0.717) is 0 Å². The minimum Gasteiger partial charge on any atom is -0.366 e. The van der Waals surface area contributed by atoms with Crippen LogP contribution in [0.5, 0.6) is 0 Å². The normalized spacial score (nSPS) is 9.50. The number of rotatable bonds is 0. The fourth-order valence-corrected chi connectivity index (χ4v) is 0.317. The van der Waals surface area contributed by atoms with Gasteiger partial charge in [0.1, 0.15) is 0 Å². The molecule has 6 nitrogen and oxygen atoms in total. The molecule has 1 rings (SSSR count). The van der Waals surface area contributed by atoms with Gasteiger partial charge in [-0.25, -0.2) is 9.89 Å². The van der Waals surface area contributed by atoms with Crippen LogP contribution in [0, 0.1) is 0 Å². The highest BCUT2D eigenvalue weighted by atomic mass is 16.2. The molecule has 0 atom stereocenters. The number of nitrogens with two attached hydrogens (primary N) is 2. The summed E-state index contributed by atoms with van der Waals surface area (Å²) < 4.78 is 0.722. The molecule has 0 aliphatic carbocycles. The standard InChI is InChI=1S/C2H5N5O/c3-1-5-6-2(8)7(1)4/h4H2,(H2,3,5)(H,6,8). The third kappa shape index (κ3) is 0.427. The van der Waals surface area contributed by atoms with E-state index in [0.717, 1.165) is 4.68 Å². The molecule has 1 heterocycles. The topological polar surface area (TPSA) is 103 Å². The van der Waals surface area contributed by atoms with Crippen LogP contribution in [0.2, 0.25) is 0 Å². The Morgan fingerprint density at radius 3 is 2.50 bits per heavy atom. The van der Waals surface area contributed by atoms with Gasteiger partial charge in [0.15, 0.2) is 0 Å². The molecule has 0 radical (unpaired) electrons. The predicted molar refractivity (Wildman–Crippen MR) is 27.4 cm³/mol. The summed E-state index contributed by atoms with van der Waals surface area (Å²) in [4.78, 5) is 10.3. The first-order valence-corrected chi connectivity index (χ1v) is 1.90. The number of aromatic nitrogens is 3. The first kappa shape index (κ1) is 4.69. The van der Waals surface area contributed by atoms with E-state index in [1.807, 2.05) is 5.10 Å². The summed E-state index contributed by atoms with van der Waals surface area (Å²) in [5.74, 6) is 4.97. The summed E-state index contributed by atoms with van der Waals surface area (Å²) in [6.07, 6.45) is 0. The summed E-state index contributed by atoms with van der Waals surface area (Å²) in [5.41, 5.74) is 4.52. The third-order valence-electron chi connectivity index (χ3n) is 0.732. The summed E-state index contributed by atoms with van der Waals surface area (Å²) in [7, 11) is 0. The molecule has 0 saturated heterocycles. The van der Waals surface area contributed by atoms with Crippen molar-refractivity contribution in [1.29, 1.82) is 0 Å². The molecular weight excluding hydrogens is 110 g/mol. The molecule has 1 aromatic rings. The second-order valence-corrected chi connectivity index (χ2v) is 1.26.